The molecule has 0 saturated carbocycles. The van der Waals surface area contributed by atoms with Crippen molar-refractivity contribution in [1.29, 1.82) is 0 Å². The van der Waals surface area contributed by atoms with Crippen LogP contribution in [0.3, 0.4) is 0 Å². The highest BCUT2D eigenvalue weighted by atomic mass is 32.2. The van der Waals surface area contributed by atoms with E-state index in [-0.39, 0.29) is 11.0 Å². The van der Waals surface area contributed by atoms with Gasteiger partial charge in [-0.25, -0.2) is 13.1 Å². The van der Waals surface area contributed by atoms with Crippen molar-refractivity contribution in [2.24, 2.45) is 10.4 Å². The van der Waals surface area contributed by atoms with Gasteiger partial charge in [0.2, 0.25) is 10.0 Å². The van der Waals surface area contributed by atoms with Gasteiger partial charge in [0.15, 0.2) is 5.96 Å². The van der Waals surface area contributed by atoms with Crippen LogP contribution in [0.1, 0.15) is 32.6 Å². The molecule has 0 bridgehead atoms. The fraction of sp³-hybridized carbons (Fsp3) is 0.688. The van der Waals surface area contributed by atoms with Crippen LogP contribution in [0.2, 0.25) is 0 Å². The number of nitrogens with one attached hydrogen (secondary N) is 2. The summed E-state index contributed by atoms with van der Waals surface area (Å²) in [7, 11) is -1.67. The van der Waals surface area contributed by atoms with E-state index in [0.29, 0.717) is 17.3 Å². The molecule has 24 heavy (non-hydrogen) atoms. The van der Waals surface area contributed by atoms with Gasteiger partial charge in [0.25, 0.3) is 0 Å². The summed E-state index contributed by atoms with van der Waals surface area (Å²) < 4.78 is 27.3. The molecule has 8 heteroatoms. The van der Waals surface area contributed by atoms with Crippen LogP contribution in [0.5, 0.6) is 0 Å². The zero-order valence-electron chi connectivity index (χ0n) is 15.3. The van der Waals surface area contributed by atoms with Crippen LogP contribution < -0.4 is 10.0 Å². The van der Waals surface area contributed by atoms with Crippen molar-refractivity contribution >= 4 is 27.3 Å². The van der Waals surface area contributed by atoms with Crippen LogP contribution in [0.15, 0.2) is 21.3 Å². The Morgan fingerprint density at radius 2 is 1.96 bits per heavy atom. The molecule has 1 aromatic heterocycles. The minimum atomic E-state index is -3.42. The SMILES string of the molecule is CN=C(NCCNS(=O)(=O)c1ccc(C)s1)N1CC(C)(C)C1(C)C. The maximum Gasteiger partial charge on any atom is 0.250 e. The summed E-state index contributed by atoms with van der Waals surface area (Å²) in [6.45, 7) is 12.5. The second kappa shape index (κ2) is 6.65. The van der Waals surface area contributed by atoms with Gasteiger partial charge in [-0.2, -0.15) is 0 Å². The van der Waals surface area contributed by atoms with E-state index in [1.54, 1.807) is 13.1 Å². The molecule has 0 atom stereocenters. The summed E-state index contributed by atoms with van der Waals surface area (Å²) in [5.41, 5.74) is 0.242. The first-order chi connectivity index (χ1) is 11.0. The smallest absolute Gasteiger partial charge is 0.250 e. The summed E-state index contributed by atoms with van der Waals surface area (Å²) in [6, 6.07) is 3.45. The normalized spacial score (nSPS) is 19.9. The number of aryl methyl sites for hydroxylation is 1. The predicted molar refractivity (Wildman–Crippen MR) is 100 cm³/mol. The Hall–Kier alpha value is -1.12. The van der Waals surface area contributed by atoms with Gasteiger partial charge in [-0.3, -0.25) is 4.99 Å². The van der Waals surface area contributed by atoms with Crippen LogP contribution in [0, 0.1) is 12.3 Å². The van der Waals surface area contributed by atoms with Gasteiger partial charge in [0.05, 0.1) is 0 Å². The van der Waals surface area contributed by atoms with Gasteiger partial charge < -0.3 is 10.2 Å². The maximum absolute atomic E-state index is 12.2. The number of hydrogen-bond donors (Lipinski definition) is 2. The largest absolute Gasteiger partial charge is 0.355 e. The zero-order chi connectivity index (χ0) is 18.2. The molecule has 1 aliphatic rings. The summed E-state index contributed by atoms with van der Waals surface area (Å²) >= 11 is 1.28. The molecule has 136 valence electrons. The Balaban J connectivity index is 1.86. The van der Waals surface area contributed by atoms with E-state index in [0.717, 1.165) is 17.4 Å². The van der Waals surface area contributed by atoms with E-state index in [2.05, 4.69) is 47.6 Å². The van der Waals surface area contributed by atoms with Gasteiger partial charge in [0, 0.05) is 42.5 Å². The molecular formula is C16H28N4O2S2. The lowest BCUT2D eigenvalue weighted by molar-refractivity contribution is -0.0666. The molecule has 1 aliphatic heterocycles. The molecule has 2 heterocycles. The van der Waals surface area contributed by atoms with Crippen molar-refractivity contribution in [1.82, 2.24) is 14.9 Å². The summed E-state index contributed by atoms with van der Waals surface area (Å²) in [5.74, 6) is 0.811. The second-order valence-corrected chi connectivity index (χ2v) is 10.5. The standard InChI is InChI=1S/C16H28N4O2S2/c1-12-7-8-13(23-12)24(21,22)19-10-9-18-14(17-6)20-11-15(2,3)16(20,4)5/h7-8,19H,9-11H2,1-6H3,(H,17,18). The summed E-state index contributed by atoms with van der Waals surface area (Å²) in [4.78, 5) is 7.53. The minimum absolute atomic E-state index is 0.0167. The van der Waals surface area contributed by atoms with Gasteiger partial charge in [-0.1, -0.05) is 13.8 Å². The fourth-order valence-corrected chi connectivity index (χ4v) is 5.04. The van der Waals surface area contributed by atoms with E-state index < -0.39 is 10.0 Å². The quantitative estimate of drug-likeness (QED) is 0.471. The fourth-order valence-electron chi connectivity index (χ4n) is 2.68. The Morgan fingerprint density at radius 3 is 2.42 bits per heavy atom. The molecule has 0 amide bonds. The van der Waals surface area contributed by atoms with Crippen molar-refractivity contribution in [2.75, 3.05) is 26.7 Å². The number of nitrogens with zero attached hydrogens (tertiary/aromatic N) is 2. The van der Waals surface area contributed by atoms with E-state index in [4.69, 9.17) is 0 Å². The van der Waals surface area contributed by atoms with Crippen LogP contribution in [-0.4, -0.2) is 51.5 Å². The van der Waals surface area contributed by atoms with E-state index in [1.807, 2.05) is 13.0 Å². The third kappa shape index (κ3) is 3.60. The molecule has 0 unspecified atom stereocenters. The third-order valence-electron chi connectivity index (χ3n) is 5.03. The molecule has 0 aliphatic carbocycles. The molecule has 2 rings (SSSR count). The molecule has 1 saturated heterocycles. The number of hydrogen-bond acceptors (Lipinski definition) is 4. The topological polar surface area (TPSA) is 73.8 Å². The molecule has 6 nitrogen and oxygen atoms in total. The first-order valence-corrected chi connectivity index (χ1v) is 10.4. The van der Waals surface area contributed by atoms with Gasteiger partial charge in [0.1, 0.15) is 4.21 Å². The van der Waals surface area contributed by atoms with Crippen molar-refractivity contribution in [2.45, 2.75) is 44.4 Å². The van der Waals surface area contributed by atoms with E-state index in [9.17, 15) is 8.42 Å². The van der Waals surface area contributed by atoms with Gasteiger partial charge in [-0.05, 0) is 32.9 Å². The van der Waals surface area contributed by atoms with Crippen LogP contribution >= 0.6 is 11.3 Å². The number of rotatable bonds is 5. The lowest BCUT2D eigenvalue weighted by Gasteiger charge is -2.62. The Morgan fingerprint density at radius 1 is 1.29 bits per heavy atom. The number of guanidine groups is 1. The lowest BCUT2D eigenvalue weighted by atomic mass is 9.65. The summed E-state index contributed by atoms with van der Waals surface area (Å²) in [6.07, 6.45) is 0. The van der Waals surface area contributed by atoms with Crippen molar-refractivity contribution in [3.63, 3.8) is 0 Å². The van der Waals surface area contributed by atoms with E-state index in [1.165, 1.54) is 11.3 Å². The molecule has 2 N–H and O–H groups in total. The number of thiophene rings is 1. The molecule has 0 aromatic carbocycles. The van der Waals surface area contributed by atoms with Crippen molar-refractivity contribution in [3.05, 3.63) is 17.0 Å². The number of sulfonamides is 1. The highest BCUT2D eigenvalue weighted by molar-refractivity contribution is 7.91. The lowest BCUT2D eigenvalue weighted by Crippen LogP contribution is -2.72. The number of aliphatic imine (C=N–C) groups is 1. The van der Waals surface area contributed by atoms with Crippen LogP contribution in [0.4, 0.5) is 0 Å². The van der Waals surface area contributed by atoms with E-state index >= 15 is 0 Å². The number of likely N-dealkylation sites (tertiary alicyclic amines) is 1. The first-order valence-electron chi connectivity index (χ1n) is 8.06. The van der Waals surface area contributed by atoms with Gasteiger partial charge >= 0.3 is 0 Å². The average Bonchev–Trinajstić information content (AvgIpc) is 2.93. The second-order valence-electron chi connectivity index (χ2n) is 7.27. The van der Waals surface area contributed by atoms with Crippen LogP contribution in [0.25, 0.3) is 0 Å². The monoisotopic (exact) mass is 372 g/mol. The summed E-state index contributed by atoms with van der Waals surface area (Å²) in [5, 5.41) is 3.25. The Kier molecular flexibility index (Phi) is 5.32. The molecule has 1 fully saturated rings. The Labute approximate surface area is 149 Å². The molecular weight excluding hydrogens is 344 g/mol. The first kappa shape index (κ1) is 19.2. The van der Waals surface area contributed by atoms with Gasteiger partial charge in [-0.15, -0.1) is 11.3 Å². The zero-order valence-corrected chi connectivity index (χ0v) is 16.9. The molecule has 1 aromatic rings. The van der Waals surface area contributed by atoms with Crippen molar-refractivity contribution in [3.8, 4) is 0 Å². The minimum Gasteiger partial charge on any atom is -0.355 e. The van der Waals surface area contributed by atoms with Crippen LogP contribution in [-0.2, 0) is 10.0 Å². The highest BCUT2D eigenvalue weighted by Gasteiger charge is 2.53. The highest BCUT2D eigenvalue weighted by Crippen LogP contribution is 2.46. The molecule has 0 radical (unpaired) electrons. The molecule has 0 spiro atoms. The third-order valence-corrected chi connectivity index (χ3v) is 7.99. The maximum atomic E-state index is 12.2. The average molecular weight is 373 g/mol. The van der Waals surface area contributed by atoms with Crippen molar-refractivity contribution < 1.29 is 8.42 Å². The Bertz CT molecular complexity index is 720. The predicted octanol–water partition coefficient (Wildman–Crippen LogP) is 2.03.